The number of rotatable bonds is 6. The van der Waals surface area contributed by atoms with Crippen LogP contribution in [0.25, 0.3) is 0 Å². The van der Waals surface area contributed by atoms with Gasteiger partial charge < -0.3 is 9.64 Å². The number of ether oxygens (including phenoxy) is 1. The van der Waals surface area contributed by atoms with Gasteiger partial charge in [0.15, 0.2) is 0 Å². The van der Waals surface area contributed by atoms with Gasteiger partial charge in [0.25, 0.3) is 0 Å². The molecule has 0 N–H and O–H groups in total. The number of pyridine rings is 1. The van der Waals surface area contributed by atoms with Crippen LogP contribution in [0, 0.1) is 0 Å². The summed E-state index contributed by atoms with van der Waals surface area (Å²) in [6, 6.07) is 6.76. The first-order valence-electron chi connectivity index (χ1n) is 7.15. The van der Waals surface area contributed by atoms with E-state index >= 15 is 0 Å². The van der Waals surface area contributed by atoms with Gasteiger partial charge in [-0.15, -0.1) is 0 Å². The molecule has 0 amide bonds. The number of methoxy groups -OCH3 is 1. The maximum Gasteiger partial charge on any atom is 0.0589 e. The lowest BCUT2D eigenvalue weighted by Gasteiger charge is -2.39. The highest BCUT2D eigenvalue weighted by molar-refractivity contribution is 5.03. The summed E-state index contributed by atoms with van der Waals surface area (Å²) in [7, 11) is 1.77. The Balaban J connectivity index is 1.73. The summed E-state index contributed by atoms with van der Waals surface area (Å²) in [5, 5.41) is 0. The van der Waals surface area contributed by atoms with Crippen molar-refractivity contribution in [3.8, 4) is 0 Å². The Bertz CT molecular complexity index is 358. The standard InChI is InChI=1S/C15H25N3O/c1-14-13-17(9-10-18(14)11-12-19-2)8-6-15-5-3-4-7-16-15/h3-5,7,14H,6,8-13H2,1-2H3/t14-/m0/s1. The molecule has 1 fully saturated rings. The van der Waals surface area contributed by atoms with Crippen LogP contribution >= 0.6 is 0 Å². The minimum Gasteiger partial charge on any atom is -0.383 e. The van der Waals surface area contributed by atoms with Crippen LogP contribution in [-0.2, 0) is 11.2 Å². The van der Waals surface area contributed by atoms with Crippen molar-refractivity contribution in [1.82, 2.24) is 14.8 Å². The van der Waals surface area contributed by atoms with Gasteiger partial charge in [0, 0.05) is 64.2 Å². The number of aromatic nitrogens is 1. The quantitative estimate of drug-likeness (QED) is 0.773. The Kier molecular flexibility index (Phi) is 5.76. The van der Waals surface area contributed by atoms with Crippen molar-refractivity contribution in [2.24, 2.45) is 0 Å². The van der Waals surface area contributed by atoms with E-state index in [1.807, 2.05) is 12.3 Å². The summed E-state index contributed by atoms with van der Waals surface area (Å²) in [4.78, 5) is 9.44. The van der Waals surface area contributed by atoms with Gasteiger partial charge in [-0.1, -0.05) is 6.07 Å². The molecule has 0 saturated carbocycles. The predicted octanol–water partition coefficient (Wildman–Crippen LogP) is 1.28. The van der Waals surface area contributed by atoms with E-state index in [1.165, 1.54) is 5.69 Å². The first kappa shape index (κ1) is 14.4. The lowest BCUT2D eigenvalue weighted by molar-refractivity contribution is 0.0595. The summed E-state index contributed by atoms with van der Waals surface area (Å²) in [5.74, 6) is 0. The lowest BCUT2D eigenvalue weighted by Crippen LogP contribution is -2.52. The average molecular weight is 263 g/mol. The molecule has 0 radical (unpaired) electrons. The van der Waals surface area contributed by atoms with E-state index in [-0.39, 0.29) is 0 Å². The first-order valence-corrected chi connectivity index (χ1v) is 7.15. The predicted molar refractivity (Wildman–Crippen MR) is 77.3 cm³/mol. The van der Waals surface area contributed by atoms with Gasteiger partial charge in [-0.25, -0.2) is 0 Å². The van der Waals surface area contributed by atoms with Crippen molar-refractivity contribution in [2.45, 2.75) is 19.4 Å². The fourth-order valence-electron chi connectivity index (χ4n) is 2.63. The Labute approximate surface area is 116 Å². The topological polar surface area (TPSA) is 28.6 Å². The van der Waals surface area contributed by atoms with Crippen LogP contribution in [0.15, 0.2) is 24.4 Å². The fraction of sp³-hybridized carbons (Fsp3) is 0.667. The SMILES string of the molecule is COCCN1CCN(CCc2ccccn2)C[C@@H]1C. The summed E-state index contributed by atoms with van der Waals surface area (Å²) >= 11 is 0. The molecule has 2 rings (SSSR count). The molecule has 4 nitrogen and oxygen atoms in total. The van der Waals surface area contributed by atoms with E-state index in [2.05, 4.69) is 33.8 Å². The third-order valence-corrected chi connectivity index (χ3v) is 3.84. The molecule has 19 heavy (non-hydrogen) atoms. The third kappa shape index (κ3) is 4.56. The molecule has 1 atom stereocenters. The van der Waals surface area contributed by atoms with Gasteiger partial charge in [0.1, 0.15) is 0 Å². The molecule has 1 aromatic heterocycles. The smallest absolute Gasteiger partial charge is 0.0589 e. The number of piperazine rings is 1. The average Bonchev–Trinajstić information content (AvgIpc) is 2.45. The molecule has 0 aromatic carbocycles. The second kappa shape index (κ2) is 7.58. The van der Waals surface area contributed by atoms with Gasteiger partial charge in [0.2, 0.25) is 0 Å². The molecule has 0 unspecified atom stereocenters. The van der Waals surface area contributed by atoms with Crippen LogP contribution in [0.1, 0.15) is 12.6 Å². The molecule has 0 spiro atoms. The fourth-order valence-corrected chi connectivity index (χ4v) is 2.63. The molecule has 4 heteroatoms. The van der Waals surface area contributed by atoms with Gasteiger partial charge in [-0.05, 0) is 19.1 Å². The van der Waals surface area contributed by atoms with Crippen molar-refractivity contribution < 1.29 is 4.74 Å². The zero-order chi connectivity index (χ0) is 13.5. The maximum atomic E-state index is 5.16. The van der Waals surface area contributed by atoms with Crippen LogP contribution in [0.2, 0.25) is 0 Å². The molecular formula is C15H25N3O. The molecule has 0 aliphatic carbocycles. The summed E-state index contributed by atoms with van der Waals surface area (Å²) in [6.07, 6.45) is 2.92. The van der Waals surface area contributed by atoms with Gasteiger partial charge in [0.05, 0.1) is 6.61 Å². The van der Waals surface area contributed by atoms with Crippen LogP contribution in [0.4, 0.5) is 0 Å². The van der Waals surface area contributed by atoms with Crippen LogP contribution in [0.5, 0.6) is 0 Å². The van der Waals surface area contributed by atoms with E-state index in [0.29, 0.717) is 6.04 Å². The Morgan fingerprint density at radius 3 is 2.89 bits per heavy atom. The van der Waals surface area contributed by atoms with Crippen LogP contribution in [-0.4, -0.2) is 67.3 Å². The third-order valence-electron chi connectivity index (χ3n) is 3.84. The largest absolute Gasteiger partial charge is 0.383 e. The maximum absolute atomic E-state index is 5.16. The summed E-state index contributed by atoms with van der Waals surface area (Å²) in [6.45, 7) is 8.75. The van der Waals surface area contributed by atoms with Crippen LogP contribution in [0.3, 0.4) is 0 Å². The molecule has 1 aliphatic heterocycles. The molecule has 106 valence electrons. The molecular weight excluding hydrogens is 238 g/mol. The van der Waals surface area contributed by atoms with Gasteiger partial charge >= 0.3 is 0 Å². The normalized spacial score (nSPS) is 21.7. The van der Waals surface area contributed by atoms with Crippen molar-refractivity contribution >= 4 is 0 Å². The van der Waals surface area contributed by atoms with Crippen LogP contribution < -0.4 is 0 Å². The monoisotopic (exact) mass is 263 g/mol. The molecule has 1 aliphatic rings. The number of hydrogen-bond acceptors (Lipinski definition) is 4. The minimum atomic E-state index is 0.618. The van der Waals surface area contributed by atoms with E-state index < -0.39 is 0 Å². The summed E-state index contributed by atoms with van der Waals surface area (Å²) < 4.78 is 5.16. The van der Waals surface area contributed by atoms with E-state index in [1.54, 1.807) is 7.11 Å². The molecule has 1 saturated heterocycles. The van der Waals surface area contributed by atoms with E-state index in [0.717, 1.165) is 45.8 Å². The van der Waals surface area contributed by atoms with E-state index in [4.69, 9.17) is 4.74 Å². The Hall–Kier alpha value is -0.970. The number of hydrogen-bond donors (Lipinski definition) is 0. The van der Waals surface area contributed by atoms with Gasteiger partial charge in [-0.3, -0.25) is 9.88 Å². The van der Waals surface area contributed by atoms with Crippen molar-refractivity contribution in [1.29, 1.82) is 0 Å². The Morgan fingerprint density at radius 2 is 2.21 bits per heavy atom. The highest BCUT2D eigenvalue weighted by Crippen LogP contribution is 2.09. The molecule has 1 aromatic rings. The van der Waals surface area contributed by atoms with E-state index in [9.17, 15) is 0 Å². The zero-order valence-corrected chi connectivity index (χ0v) is 12.1. The summed E-state index contributed by atoms with van der Waals surface area (Å²) in [5.41, 5.74) is 1.19. The zero-order valence-electron chi connectivity index (χ0n) is 12.1. The van der Waals surface area contributed by atoms with Gasteiger partial charge in [-0.2, -0.15) is 0 Å². The second-order valence-corrected chi connectivity index (χ2v) is 5.25. The highest BCUT2D eigenvalue weighted by atomic mass is 16.5. The van der Waals surface area contributed by atoms with Crippen molar-refractivity contribution in [3.05, 3.63) is 30.1 Å². The van der Waals surface area contributed by atoms with Crippen molar-refractivity contribution in [2.75, 3.05) is 46.4 Å². The second-order valence-electron chi connectivity index (χ2n) is 5.25. The first-order chi connectivity index (χ1) is 9.29. The molecule has 2 heterocycles. The lowest BCUT2D eigenvalue weighted by atomic mass is 10.1. The molecule has 0 bridgehead atoms. The number of nitrogens with zero attached hydrogens (tertiary/aromatic N) is 3. The minimum absolute atomic E-state index is 0.618. The Morgan fingerprint density at radius 1 is 1.32 bits per heavy atom. The van der Waals surface area contributed by atoms with Crippen molar-refractivity contribution in [3.63, 3.8) is 0 Å². The highest BCUT2D eigenvalue weighted by Gasteiger charge is 2.22.